The highest BCUT2D eigenvalue weighted by molar-refractivity contribution is 6.30. The fourth-order valence-corrected chi connectivity index (χ4v) is 1.95. The summed E-state index contributed by atoms with van der Waals surface area (Å²) in [4.78, 5) is 17.5. The monoisotopic (exact) mass is 338 g/mol. The summed E-state index contributed by atoms with van der Waals surface area (Å²) in [5.74, 6) is 0.668. The number of amides is 1. The molecule has 2 N–H and O–H groups in total. The lowest BCUT2D eigenvalue weighted by Crippen LogP contribution is -2.40. The Bertz CT molecular complexity index is 500. The number of benzene rings is 1. The summed E-state index contributed by atoms with van der Waals surface area (Å²) in [6.07, 6.45) is 3.05. The molecule has 23 heavy (non-hydrogen) atoms. The maximum absolute atomic E-state index is 11.7. The molecule has 128 valence electrons. The standard InChI is InChI=1S/C17H27ClN4O/c1-4-5-11-19-17(21-13-16(23)22(2)3)20-12-10-14-6-8-15(18)9-7-14/h6-9H,4-5,10-13H2,1-3H3,(H2,19,20,21). The van der Waals surface area contributed by atoms with E-state index in [-0.39, 0.29) is 12.5 Å². The van der Waals surface area contributed by atoms with Crippen LogP contribution in [-0.2, 0) is 11.2 Å². The first-order chi connectivity index (χ1) is 11.0. The van der Waals surface area contributed by atoms with Gasteiger partial charge in [0.1, 0.15) is 6.54 Å². The summed E-state index contributed by atoms with van der Waals surface area (Å²) >= 11 is 5.88. The highest BCUT2D eigenvalue weighted by Crippen LogP contribution is 2.09. The van der Waals surface area contributed by atoms with Crippen molar-refractivity contribution < 1.29 is 4.79 Å². The summed E-state index contributed by atoms with van der Waals surface area (Å²) < 4.78 is 0. The summed E-state index contributed by atoms with van der Waals surface area (Å²) in [6, 6.07) is 7.81. The SMILES string of the molecule is CCCCNC(=NCC(=O)N(C)C)NCCc1ccc(Cl)cc1. The number of aliphatic imine (C=N–C) groups is 1. The average molecular weight is 339 g/mol. The van der Waals surface area contributed by atoms with Gasteiger partial charge in [-0.05, 0) is 30.5 Å². The third-order valence-electron chi connectivity index (χ3n) is 3.31. The minimum Gasteiger partial charge on any atom is -0.356 e. The fraction of sp³-hybridized carbons (Fsp3) is 0.529. The molecule has 0 fully saturated rings. The van der Waals surface area contributed by atoms with Crippen LogP contribution < -0.4 is 10.6 Å². The van der Waals surface area contributed by atoms with E-state index in [1.165, 1.54) is 5.56 Å². The minimum atomic E-state index is -0.0145. The van der Waals surface area contributed by atoms with Gasteiger partial charge in [0.2, 0.25) is 5.91 Å². The van der Waals surface area contributed by atoms with Crippen LogP contribution in [-0.4, -0.2) is 50.5 Å². The first-order valence-corrected chi connectivity index (χ1v) is 8.37. The van der Waals surface area contributed by atoms with E-state index in [0.29, 0.717) is 5.96 Å². The molecule has 5 nitrogen and oxygen atoms in total. The molecule has 0 spiro atoms. The van der Waals surface area contributed by atoms with Crippen molar-refractivity contribution in [3.05, 3.63) is 34.9 Å². The Morgan fingerprint density at radius 2 is 1.83 bits per heavy atom. The number of guanidine groups is 1. The quantitative estimate of drug-likeness (QED) is 0.434. The second-order valence-corrected chi connectivity index (χ2v) is 5.97. The number of rotatable bonds is 8. The zero-order chi connectivity index (χ0) is 17.1. The largest absolute Gasteiger partial charge is 0.356 e. The maximum Gasteiger partial charge on any atom is 0.243 e. The van der Waals surface area contributed by atoms with Crippen LogP contribution in [0.2, 0.25) is 5.02 Å². The number of unbranched alkanes of at least 4 members (excludes halogenated alkanes) is 1. The van der Waals surface area contributed by atoms with Crippen molar-refractivity contribution >= 4 is 23.5 Å². The van der Waals surface area contributed by atoms with Gasteiger partial charge in [0.15, 0.2) is 5.96 Å². The zero-order valence-electron chi connectivity index (χ0n) is 14.2. The molecular formula is C17H27ClN4O. The topological polar surface area (TPSA) is 56.7 Å². The lowest BCUT2D eigenvalue weighted by atomic mass is 10.1. The molecule has 0 saturated heterocycles. The predicted octanol–water partition coefficient (Wildman–Crippen LogP) is 2.31. The third kappa shape index (κ3) is 8.45. The lowest BCUT2D eigenvalue weighted by Gasteiger charge is -2.13. The van der Waals surface area contributed by atoms with Crippen LogP contribution in [0.3, 0.4) is 0 Å². The number of carbonyl (C=O) groups excluding carboxylic acids is 1. The molecule has 0 radical (unpaired) electrons. The summed E-state index contributed by atoms with van der Waals surface area (Å²) in [5.41, 5.74) is 1.21. The second kappa shape index (κ2) is 10.9. The van der Waals surface area contributed by atoms with Crippen LogP contribution in [0.5, 0.6) is 0 Å². The van der Waals surface area contributed by atoms with Gasteiger partial charge in [-0.2, -0.15) is 0 Å². The Hall–Kier alpha value is -1.75. The van der Waals surface area contributed by atoms with Crippen LogP contribution in [0.4, 0.5) is 0 Å². The number of likely N-dealkylation sites (N-methyl/N-ethyl adjacent to an activating group) is 1. The molecule has 0 unspecified atom stereocenters. The van der Waals surface area contributed by atoms with Crippen molar-refractivity contribution in [1.82, 2.24) is 15.5 Å². The Kier molecular flexibility index (Phi) is 9.14. The number of carbonyl (C=O) groups is 1. The first-order valence-electron chi connectivity index (χ1n) is 7.99. The molecule has 0 atom stereocenters. The van der Waals surface area contributed by atoms with Gasteiger partial charge in [0.05, 0.1) is 0 Å². The van der Waals surface area contributed by atoms with E-state index in [4.69, 9.17) is 11.6 Å². The van der Waals surface area contributed by atoms with Gasteiger partial charge in [-0.25, -0.2) is 4.99 Å². The molecular weight excluding hydrogens is 312 g/mol. The Balaban J connectivity index is 2.49. The lowest BCUT2D eigenvalue weighted by molar-refractivity contribution is -0.127. The Labute approximate surface area is 144 Å². The van der Waals surface area contributed by atoms with Crippen molar-refractivity contribution in [1.29, 1.82) is 0 Å². The minimum absolute atomic E-state index is 0.0145. The van der Waals surface area contributed by atoms with Gasteiger partial charge in [-0.15, -0.1) is 0 Å². The van der Waals surface area contributed by atoms with Gasteiger partial charge in [0.25, 0.3) is 0 Å². The number of hydrogen-bond donors (Lipinski definition) is 2. The highest BCUT2D eigenvalue weighted by atomic mass is 35.5. The van der Waals surface area contributed by atoms with E-state index in [1.54, 1.807) is 19.0 Å². The maximum atomic E-state index is 11.7. The number of halogens is 1. The van der Waals surface area contributed by atoms with Crippen LogP contribution >= 0.6 is 11.6 Å². The van der Waals surface area contributed by atoms with E-state index in [0.717, 1.165) is 37.4 Å². The van der Waals surface area contributed by atoms with E-state index in [9.17, 15) is 4.79 Å². The Morgan fingerprint density at radius 1 is 1.17 bits per heavy atom. The van der Waals surface area contributed by atoms with E-state index >= 15 is 0 Å². The molecule has 1 aromatic rings. The molecule has 0 heterocycles. The van der Waals surface area contributed by atoms with Crippen molar-refractivity contribution in [3.8, 4) is 0 Å². The molecule has 0 aliphatic rings. The number of nitrogens with one attached hydrogen (secondary N) is 2. The molecule has 0 bridgehead atoms. The number of nitrogens with zero attached hydrogens (tertiary/aromatic N) is 2. The van der Waals surface area contributed by atoms with Gasteiger partial charge in [0, 0.05) is 32.2 Å². The van der Waals surface area contributed by atoms with Crippen LogP contribution in [0.15, 0.2) is 29.3 Å². The zero-order valence-corrected chi connectivity index (χ0v) is 15.0. The second-order valence-electron chi connectivity index (χ2n) is 5.54. The van der Waals surface area contributed by atoms with Crippen molar-refractivity contribution in [2.24, 2.45) is 4.99 Å². The molecule has 0 aliphatic heterocycles. The molecule has 0 saturated carbocycles. The normalized spacial score (nSPS) is 11.2. The highest BCUT2D eigenvalue weighted by Gasteiger charge is 2.04. The van der Waals surface area contributed by atoms with E-state index in [1.807, 2.05) is 24.3 Å². The molecule has 1 rings (SSSR count). The van der Waals surface area contributed by atoms with Crippen LogP contribution in [0.1, 0.15) is 25.3 Å². The summed E-state index contributed by atoms with van der Waals surface area (Å²) in [7, 11) is 3.46. The van der Waals surface area contributed by atoms with E-state index < -0.39 is 0 Å². The average Bonchev–Trinajstić information content (AvgIpc) is 2.53. The molecule has 6 heteroatoms. The van der Waals surface area contributed by atoms with Crippen LogP contribution in [0.25, 0.3) is 0 Å². The van der Waals surface area contributed by atoms with Crippen molar-refractivity contribution in [3.63, 3.8) is 0 Å². The summed E-state index contributed by atoms with van der Waals surface area (Å²) in [6.45, 7) is 3.88. The van der Waals surface area contributed by atoms with E-state index in [2.05, 4.69) is 22.5 Å². The van der Waals surface area contributed by atoms with Gasteiger partial charge in [-0.3, -0.25) is 4.79 Å². The molecule has 0 aromatic heterocycles. The molecule has 1 aromatic carbocycles. The predicted molar refractivity (Wildman–Crippen MR) is 97.1 cm³/mol. The molecule has 1 amide bonds. The Morgan fingerprint density at radius 3 is 2.43 bits per heavy atom. The smallest absolute Gasteiger partial charge is 0.243 e. The summed E-state index contributed by atoms with van der Waals surface area (Å²) in [5, 5.41) is 7.27. The van der Waals surface area contributed by atoms with Gasteiger partial charge >= 0.3 is 0 Å². The number of hydrogen-bond acceptors (Lipinski definition) is 2. The van der Waals surface area contributed by atoms with Crippen molar-refractivity contribution in [2.45, 2.75) is 26.2 Å². The first kappa shape index (κ1) is 19.3. The third-order valence-corrected chi connectivity index (χ3v) is 3.57. The molecule has 0 aliphatic carbocycles. The van der Waals surface area contributed by atoms with Gasteiger partial charge in [-0.1, -0.05) is 37.1 Å². The van der Waals surface area contributed by atoms with Crippen molar-refractivity contribution in [2.75, 3.05) is 33.7 Å². The fourth-order valence-electron chi connectivity index (χ4n) is 1.82. The van der Waals surface area contributed by atoms with Crippen LogP contribution in [0, 0.1) is 0 Å². The van der Waals surface area contributed by atoms with Gasteiger partial charge < -0.3 is 15.5 Å².